The van der Waals surface area contributed by atoms with Gasteiger partial charge in [-0.15, -0.1) is 0 Å². The van der Waals surface area contributed by atoms with E-state index in [0.29, 0.717) is 18.0 Å². The third-order valence-electron chi connectivity index (χ3n) is 4.31. The Morgan fingerprint density at radius 1 is 1.14 bits per heavy atom. The zero-order valence-electron chi connectivity index (χ0n) is 15.2. The molecule has 1 saturated heterocycles. The van der Waals surface area contributed by atoms with Gasteiger partial charge in [0.05, 0.1) is 19.8 Å². The molecule has 0 amide bonds. The van der Waals surface area contributed by atoms with Gasteiger partial charge in [-0.2, -0.15) is 0 Å². The molecule has 0 aromatic rings. The standard InChI is InChI=1S/C17H36N4O/c1-6-15(7-2)16(21-9-11-22-12-10-21)13-19-17(18-8-3)20-14(4)5/h14-16H,6-13H2,1-5H3,(H2,18,19,20). The van der Waals surface area contributed by atoms with Gasteiger partial charge in [0, 0.05) is 31.7 Å². The highest BCUT2D eigenvalue weighted by Gasteiger charge is 2.26. The molecule has 22 heavy (non-hydrogen) atoms. The predicted molar refractivity (Wildman–Crippen MR) is 94.5 cm³/mol. The average Bonchev–Trinajstić information content (AvgIpc) is 2.51. The minimum atomic E-state index is 0.396. The Hall–Kier alpha value is -0.810. The summed E-state index contributed by atoms with van der Waals surface area (Å²) >= 11 is 0. The van der Waals surface area contributed by atoms with E-state index in [1.807, 2.05) is 0 Å². The molecule has 0 spiro atoms. The van der Waals surface area contributed by atoms with Crippen molar-refractivity contribution in [2.24, 2.45) is 10.9 Å². The van der Waals surface area contributed by atoms with E-state index in [4.69, 9.17) is 9.73 Å². The fraction of sp³-hybridized carbons (Fsp3) is 0.941. The molecule has 1 unspecified atom stereocenters. The van der Waals surface area contributed by atoms with E-state index < -0.39 is 0 Å². The highest BCUT2D eigenvalue weighted by atomic mass is 16.5. The molecule has 0 radical (unpaired) electrons. The first-order valence-electron chi connectivity index (χ1n) is 8.98. The van der Waals surface area contributed by atoms with Crippen molar-refractivity contribution in [3.05, 3.63) is 0 Å². The van der Waals surface area contributed by atoms with Gasteiger partial charge >= 0.3 is 0 Å². The fourth-order valence-corrected chi connectivity index (χ4v) is 3.08. The highest BCUT2D eigenvalue weighted by molar-refractivity contribution is 5.80. The van der Waals surface area contributed by atoms with Crippen molar-refractivity contribution in [2.75, 3.05) is 39.4 Å². The van der Waals surface area contributed by atoms with Crippen LogP contribution >= 0.6 is 0 Å². The summed E-state index contributed by atoms with van der Waals surface area (Å²) in [6.07, 6.45) is 2.42. The molecule has 2 N–H and O–H groups in total. The van der Waals surface area contributed by atoms with Gasteiger partial charge in [-0.25, -0.2) is 0 Å². The Bertz CT molecular complexity index is 310. The van der Waals surface area contributed by atoms with Crippen LogP contribution in [-0.4, -0.2) is 62.3 Å². The van der Waals surface area contributed by atoms with Crippen LogP contribution in [-0.2, 0) is 4.74 Å². The maximum Gasteiger partial charge on any atom is 0.191 e. The number of hydrogen-bond donors (Lipinski definition) is 2. The summed E-state index contributed by atoms with van der Waals surface area (Å²) in [5, 5.41) is 6.75. The van der Waals surface area contributed by atoms with Crippen molar-refractivity contribution in [1.29, 1.82) is 0 Å². The lowest BCUT2D eigenvalue weighted by Gasteiger charge is -2.38. The minimum Gasteiger partial charge on any atom is -0.379 e. The van der Waals surface area contributed by atoms with Crippen molar-refractivity contribution >= 4 is 5.96 Å². The molecule has 5 heteroatoms. The average molecular weight is 313 g/mol. The largest absolute Gasteiger partial charge is 0.379 e. The van der Waals surface area contributed by atoms with Crippen molar-refractivity contribution in [3.8, 4) is 0 Å². The molecule has 1 rings (SSSR count). The summed E-state index contributed by atoms with van der Waals surface area (Å²) < 4.78 is 5.51. The maximum absolute atomic E-state index is 5.51. The summed E-state index contributed by atoms with van der Waals surface area (Å²) in [5.74, 6) is 1.63. The summed E-state index contributed by atoms with van der Waals surface area (Å²) in [6.45, 7) is 16.5. The Morgan fingerprint density at radius 3 is 2.27 bits per heavy atom. The quantitative estimate of drug-likeness (QED) is 0.532. The lowest BCUT2D eigenvalue weighted by Crippen LogP contribution is -2.49. The first-order valence-corrected chi connectivity index (χ1v) is 8.98. The smallest absolute Gasteiger partial charge is 0.191 e. The van der Waals surface area contributed by atoms with Crippen LogP contribution in [0.5, 0.6) is 0 Å². The number of hydrogen-bond acceptors (Lipinski definition) is 3. The number of nitrogens with one attached hydrogen (secondary N) is 2. The normalized spacial score (nSPS) is 18.8. The summed E-state index contributed by atoms with van der Waals surface area (Å²) in [5.41, 5.74) is 0. The molecule has 1 heterocycles. The van der Waals surface area contributed by atoms with E-state index >= 15 is 0 Å². The second kappa shape index (κ2) is 10.8. The summed E-state index contributed by atoms with van der Waals surface area (Å²) in [4.78, 5) is 7.43. The number of guanidine groups is 1. The molecule has 1 atom stereocenters. The SMILES string of the molecule is CCNC(=NCC(C(CC)CC)N1CCOCC1)NC(C)C. The Kier molecular flexibility index (Phi) is 9.48. The van der Waals surface area contributed by atoms with E-state index in [-0.39, 0.29) is 0 Å². The fourth-order valence-electron chi connectivity index (χ4n) is 3.08. The van der Waals surface area contributed by atoms with Crippen LogP contribution in [0, 0.1) is 5.92 Å². The molecule has 0 aliphatic carbocycles. The Morgan fingerprint density at radius 2 is 1.77 bits per heavy atom. The van der Waals surface area contributed by atoms with E-state index in [1.165, 1.54) is 12.8 Å². The van der Waals surface area contributed by atoms with Crippen LogP contribution in [0.15, 0.2) is 4.99 Å². The molecular formula is C17H36N4O. The van der Waals surface area contributed by atoms with E-state index in [9.17, 15) is 0 Å². The van der Waals surface area contributed by atoms with Crippen molar-refractivity contribution in [1.82, 2.24) is 15.5 Å². The molecule has 0 aromatic carbocycles. The highest BCUT2D eigenvalue weighted by Crippen LogP contribution is 2.20. The molecule has 1 aliphatic rings. The monoisotopic (exact) mass is 312 g/mol. The van der Waals surface area contributed by atoms with Crippen LogP contribution in [0.3, 0.4) is 0 Å². The minimum absolute atomic E-state index is 0.396. The van der Waals surface area contributed by atoms with Crippen molar-refractivity contribution < 1.29 is 4.74 Å². The summed E-state index contributed by atoms with van der Waals surface area (Å²) in [6, 6.07) is 0.911. The van der Waals surface area contributed by atoms with Gasteiger partial charge in [0.25, 0.3) is 0 Å². The topological polar surface area (TPSA) is 48.9 Å². The lowest BCUT2D eigenvalue weighted by atomic mass is 9.92. The predicted octanol–water partition coefficient (Wildman–Crippen LogP) is 2.09. The van der Waals surface area contributed by atoms with E-state index in [0.717, 1.165) is 45.4 Å². The Labute approximate surface area is 136 Å². The van der Waals surface area contributed by atoms with Gasteiger partial charge in [0.1, 0.15) is 0 Å². The van der Waals surface area contributed by atoms with Crippen LogP contribution < -0.4 is 10.6 Å². The second-order valence-electron chi connectivity index (χ2n) is 6.31. The van der Waals surface area contributed by atoms with Gasteiger partial charge in [0.15, 0.2) is 5.96 Å². The molecule has 130 valence electrons. The zero-order valence-corrected chi connectivity index (χ0v) is 15.2. The van der Waals surface area contributed by atoms with E-state index in [1.54, 1.807) is 0 Å². The van der Waals surface area contributed by atoms with Gasteiger partial charge in [-0.1, -0.05) is 26.7 Å². The number of morpholine rings is 1. The second-order valence-corrected chi connectivity index (χ2v) is 6.31. The van der Waals surface area contributed by atoms with Gasteiger partial charge in [-0.05, 0) is 26.7 Å². The lowest BCUT2D eigenvalue weighted by molar-refractivity contribution is 0.00395. The molecule has 0 aromatic heterocycles. The third-order valence-corrected chi connectivity index (χ3v) is 4.31. The zero-order chi connectivity index (χ0) is 16.4. The number of aliphatic imine (C=N–C) groups is 1. The number of rotatable bonds is 8. The first-order chi connectivity index (χ1) is 10.6. The first kappa shape index (κ1) is 19.2. The molecule has 5 nitrogen and oxygen atoms in total. The third kappa shape index (κ3) is 6.53. The van der Waals surface area contributed by atoms with Crippen LogP contribution in [0.25, 0.3) is 0 Å². The van der Waals surface area contributed by atoms with Crippen LogP contribution in [0.1, 0.15) is 47.5 Å². The number of ether oxygens (including phenoxy) is 1. The molecule has 1 fully saturated rings. The van der Waals surface area contributed by atoms with Crippen molar-refractivity contribution in [2.45, 2.75) is 59.5 Å². The molecule has 1 aliphatic heterocycles. The maximum atomic E-state index is 5.51. The Balaban J connectivity index is 2.76. The van der Waals surface area contributed by atoms with Crippen LogP contribution in [0.4, 0.5) is 0 Å². The summed E-state index contributed by atoms with van der Waals surface area (Å²) in [7, 11) is 0. The van der Waals surface area contributed by atoms with Gasteiger partial charge in [-0.3, -0.25) is 9.89 Å². The van der Waals surface area contributed by atoms with Gasteiger partial charge < -0.3 is 15.4 Å². The molecule has 0 saturated carbocycles. The molecular weight excluding hydrogens is 276 g/mol. The van der Waals surface area contributed by atoms with Crippen LogP contribution in [0.2, 0.25) is 0 Å². The number of nitrogens with zero attached hydrogens (tertiary/aromatic N) is 2. The van der Waals surface area contributed by atoms with E-state index in [2.05, 4.69) is 50.2 Å². The van der Waals surface area contributed by atoms with Crippen molar-refractivity contribution in [3.63, 3.8) is 0 Å². The molecule has 0 bridgehead atoms. The van der Waals surface area contributed by atoms with Gasteiger partial charge in [0.2, 0.25) is 0 Å².